The zero-order chi connectivity index (χ0) is 37.0. The van der Waals surface area contributed by atoms with Crippen LogP contribution >= 0.6 is 15.9 Å². The number of phenolic OH excluding ortho intramolecular Hbond substituents is 1. The Hall–Kier alpha value is -5.79. The summed E-state index contributed by atoms with van der Waals surface area (Å²) in [5.74, 6) is 3.49. The summed E-state index contributed by atoms with van der Waals surface area (Å²) in [6.07, 6.45) is 4.15. The number of aliphatic hydroxyl groups is 1. The van der Waals surface area contributed by atoms with Gasteiger partial charge in [0, 0.05) is 44.7 Å². The average molecular weight is 779 g/mol. The smallest absolute Gasteiger partial charge is 0.283 e. The number of ether oxygens (including phenoxy) is 5. The highest BCUT2D eigenvalue weighted by Crippen LogP contribution is 2.53. The van der Waals surface area contributed by atoms with E-state index in [1.165, 1.54) is 0 Å². The molecule has 0 saturated carbocycles. The molecule has 0 radical (unpaired) electrons. The largest absolute Gasteiger partial charge is 0.508 e. The molecule has 3 atom stereocenters. The zero-order valence-electron chi connectivity index (χ0n) is 28.9. The van der Waals surface area contributed by atoms with Crippen LogP contribution in [0.1, 0.15) is 42.5 Å². The molecule has 2 spiro atoms. The second-order valence-corrected chi connectivity index (χ2v) is 14.4. The van der Waals surface area contributed by atoms with Gasteiger partial charge in [-0.05, 0) is 91.7 Å². The molecule has 0 bridgehead atoms. The summed E-state index contributed by atoms with van der Waals surface area (Å²) in [5, 5.41) is 20.1. The van der Waals surface area contributed by atoms with Crippen LogP contribution in [0, 0.1) is 0 Å². The third kappa shape index (κ3) is 6.15. The third-order valence-corrected chi connectivity index (χ3v) is 10.3. The van der Waals surface area contributed by atoms with Gasteiger partial charge >= 0.3 is 0 Å². The summed E-state index contributed by atoms with van der Waals surface area (Å²) in [6.45, 7) is 4.39. The van der Waals surface area contributed by atoms with Crippen LogP contribution in [0.4, 0.5) is 0 Å². The van der Waals surface area contributed by atoms with E-state index in [1.807, 2.05) is 73.8 Å². The Kier molecular flexibility index (Phi) is 8.42. The van der Waals surface area contributed by atoms with Crippen LogP contribution in [-0.2, 0) is 20.6 Å². The molecule has 1 unspecified atom stereocenters. The SMILES string of the molecule is CCC(C)(O)COc1ccc2c(c1)[C@]1(COC(N)=N1)c1cc(-c3cccnc3)ccc1O2.NC1=N[C@]2(CO1)c1cc(O)ccc1Oc1ccc(Br)cc12. The van der Waals surface area contributed by atoms with Crippen molar-refractivity contribution in [3.63, 3.8) is 0 Å². The summed E-state index contributed by atoms with van der Waals surface area (Å²) in [4.78, 5) is 13.5. The highest BCUT2D eigenvalue weighted by molar-refractivity contribution is 9.10. The Balaban J connectivity index is 0.000000164. The lowest BCUT2D eigenvalue weighted by atomic mass is 9.80. The van der Waals surface area contributed by atoms with Crippen molar-refractivity contribution in [2.75, 3.05) is 19.8 Å². The minimum Gasteiger partial charge on any atom is -0.508 e. The number of benzene rings is 4. The molecule has 13 heteroatoms. The number of aliphatic imine (C=N–C) groups is 2. The minimum atomic E-state index is -0.908. The van der Waals surface area contributed by atoms with Crippen molar-refractivity contribution in [3.8, 4) is 45.6 Å². The van der Waals surface area contributed by atoms with E-state index in [-0.39, 0.29) is 37.6 Å². The summed E-state index contributed by atoms with van der Waals surface area (Å²) in [5.41, 5.74) is 14.5. The van der Waals surface area contributed by atoms with E-state index in [0.717, 1.165) is 37.9 Å². The van der Waals surface area contributed by atoms with Crippen molar-refractivity contribution in [1.82, 2.24) is 4.98 Å². The first-order chi connectivity index (χ1) is 25.5. The number of halogens is 1. The van der Waals surface area contributed by atoms with Crippen LogP contribution < -0.4 is 25.7 Å². The van der Waals surface area contributed by atoms with Gasteiger partial charge in [-0.1, -0.05) is 35.0 Å². The van der Waals surface area contributed by atoms with E-state index in [2.05, 4.69) is 32.0 Å². The second-order valence-electron chi connectivity index (χ2n) is 13.5. The van der Waals surface area contributed by atoms with Gasteiger partial charge in [-0.3, -0.25) is 4.98 Å². The molecule has 4 aliphatic heterocycles. The zero-order valence-corrected chi connectivity index (χ0v) is 30.5. The van der Waals surface area contributed by atoms with Gasteiger partial charge < -0.3 is 45.4 Å². The van der Waals surface area contributed by atoms with E-state index < -0.39 is 16.7 Å². The molecule has 0 fully saturated rings. The standard InChI is InChI=1S/C25H25N3O4.C15H11BrN2O3/c1-3-24(2,29)14-30-18-7-9-22-20(12-18)25(15-31-23(26)28-25)19-11-16(6-8-21(19)32-22)17-5-4-10-27-13-17;16-8-1-3-12-10(5-8)15(7-20-14(17)18-15)11-6-9(19)2-4-13(11)21-12/h4-13,29H,3,14-15H2,1-2H3,(H2,26,28);1-6,19H,7H2,(H2,17,18)/t24?,25-;15-/m00/s1. The molecule has 0 aliphatic carbocycles. The van der Waals surface area contributed by atoms with Gasteiger partial charge in [-0.2, -0.15) is 0 Å². The van der Waals surface area contributed by atoms with E-state index in [0.29, 0.717) is 35.2 Å². The highest BCUT2D eigenvalue weighted by Gasteiger charge is 2.48. The number of aromatic nitrogens is 1. The van der Waals surface area contributed by atoms with E-state index in [4.69, 9.17) is 40.1 Å². The molecule has 9 rings (SSSR count). The number of nitrogens with zero attached hydrogens (tertiary/aromatic N) is 3. The summed E-state index contributed by atoms with van der Waals surface area (Å²) in [7, 11) is 0. The number of pyridine rings is 1. The van der Waals surface area contributed by atoms with Crippen molar-refractivity contribution < 1.29 is 33.9 Å². The molecule has 0 amide bonds. The van der Waals surface area contributed by atoms with Gasteiger partial charge in [0.05, 0.1) is 5.60 Å². The van der Waals surface area contributed by atoms with Crippen LogP contribution in [0.3, 0.4) is 0 Å². The van der Waals surface area contributed by atoms with E-state index in [1.54, 1.807) is 31.3 Å². The number of aromatic hydroxyl groups is 1. The lowest BCUT2D eigenvalue weighted by Crippen LogP contribution is -2.32. The first-order valence-corrected chi connectivity index (χ1v) is 17.8. The van der Waals surface area contributed by atoms with Crippen LogP contribution in [0.25, 0.3) is 11.1 Å². The van der Waals surface area contributed by atoms with Crippen LogP contribution in [0.15, 0.2) is 112 Å². The number of rotatable bonds is 5. The molecular formula is C40H36BrN5O7. The quantitative estimate of drug-likeness (QED) is 0.148. The molecule has 53 heavy (non-hydrogen) atoms. The van der Waals surface area contributed by atoms with Crippen molar-refractivity contribution in [3.05, 3.63) is 124 Å². The monoisotopic (exact) mass is 777 g/mol. The van der Waals surface area contributed by atoms with Crippen molar-refractivity contribution in [2.24, 2.45) is 21.5 Å². The number of phenols is 1. The van der Waals surface area contributed by atoms with Gasteiger partial charge in [-0.15, -0.1) is 0 Å². The Morgan fingerprint density at radius 3 is 1.96 bits per heavy atom. The molecule has 5 aromatic rings. The molecule has 1 aromatic heterocycles. The lowest BCUT2D eigenvalue weighted by Gasteiger charge is -2.34. The highest BCUT2D eigenvalue weighted by atomic mass is 79.9. The van der Waals surface area contributed by atoms with Crippen LogP contribution in [0.5, 0.6) is 34.5 Å². The number of nitrogens with two attached hydrogens (primary N) is 2. The molecule has 4 aromatic carbocycles. The maximum atomic E-state index is 10.3. The fourth-order valence-corrected chi connectivity index (χ4v) is 7.15. The fraction of sp³-hybridized carbons (Fsp3) is 0.225. The Bertz CT molecular complexity index is 2250. The first kappa shape index (κ1) is 34.3. The van der Waals surface area contributed by atoms with E-state index in [9.17, 15) is 10.2 Å². The maximum Gasteiger partial charge on any atom is 0.283 e. The summed E-state index contributed by atoms with van der Waals surface area (Å²) < 4.78 is 30.0. The molecule has 0 saturated heterocycles. The Morgan fingerprint density at radius 2 is 1.36 bits per heavy atom. The van der Waals surface area contributed by atoms with Gasteiger partial charge in [0.15, 0.2) is 11.1 Å². The van der Waals surface area contributed by atoms with Crippen molar-refractivity contribution >= 4 is 28.0 Å². The lowest BCUT2D eigenvalue weighted by molar-refractivity contribution is 0.00840. The topological polar surface area (TPSA) is 176 Å². The number of amidine groups is 2. The molecular weight excluding hydrogens is 742 g/mol. The maximum absolute atomic E-state index is 10.3. The second kappa shape index (κ2) is 13.0. The Morgan fingerprint density at radius 1 is 0.774 bits per heavy atom. The number of fused-ring (bicyclic) bond motifs is 8. The molecule has 12 nitrogen and oxygen atoms in total. The van der Waals surface area contributed by atoms with Crippen molar-refractivity contribution in [1.29, 1.82) is 0 Å². The van der Waals surface area contributed by atoms with Gasteiger partial charge in [-0.25, -0.2) is 9.98 Å². The van der Waals surface area contributed by atoms with Crippen LogP contribution in [-0.4, -0.2) is 52.7 Å². The number of hydrogen-bond donors (Lipinski definition) is 4. The third-order valence-electron chi connectivity index (χ3n) is 9.82. The average Bonchev–Trinajstić information content (AvgIpc) is 3.75. The van der Waals surface area contributed by atoms with Gasteiger partial charge in [0.25, 0.3) is 12.0 Å². The summed E-state index contributed by atoms with van der Waals surface area (Å²) in [6, 6.07) is 26.4. The molecule has 5 heterocycles. The summed E-state index contributed by atoms with van der Waals surface area (Å²) >= 11 is 3.46. The predicted molar refractivity (Wildman–Crippen MR) is 202 cm³/mol. The first-order valence-electron chi connectivity index (χ1n) is 17.0. The number of hydrogen-bond acceptors (Lipinski definition) is 12. The van der Waals surface area contributed by atoms with E-state index >= 15 is 0 Å². The normalized spacial score (nSPS) is 21.1. The predicted octanol–water partition coefficient (Wildman–Crippen LogP) is 6.83. The molecule has 270 valence electrons. The molecule has 6 N–H and O–H groups in total. The van der Waals surface area contributed by atoms with Gasteiger partial charge in [0.1, 0.15) is 54.3 Å². The molecule has 4 aliphatic rings. The van der Waals surface area contributed by atoms with Crippen LogP contribution in [0.2, 0.25) is 0 Å². The minimum absolute atomic E-state index is 0.135. The Labute approximate surface area is 313 Å². The van der Waals surface area contributed by atoms with Gasteiger partial charge in [0.2, 0.25) is 0 Å². The fourth-order valence-electron chi connectivity index (χ4n) is 6.79. The van der Waals surface area contributed by atoms with Crippen molar-refractivity contribution in [2.45, 2.75) is 36.9 Å².